The molecule has 5 heteroatoms. The summed E-state index contributed by atoms with van der Waals surface area (Å²) in [7, 11) is -1.26. The highest BCUT2D eigenvalue weighted by atomic mass is 32.2. The molecule has 14 heavy (non-hydrogen) atoms. The molecule has 0 aromatic rings. The molecular formula is C9H15F2NOS. The maximum absolute atomic E-state index is 13.4. The Morgan fingerprint density at radius 1 is 1.43 bits per heavy atom. The third-order valence-corrected chi connectivity index (χ3v) is 5.19. The highest BCUT2D eigenvalue weighted by Gasteiger charge is 2.53. The summed E-state index contributed by atoms with van der Waals surface area (Å²) in [6.07, 6.45) is 0.264. The van der Waals surface area contributed by atoms with E-state index in [2.05, 4.69) is 4.72 Å². The lowest BCUT2D eigenvalue weighted by molar-refractivity contribution is -0.0885. The molecule has 1 aliphatic carbocycles. The molecule has 1 saturated carbocycles. The first-order valence-electron chi connectivity index (χ1n) is 4.96. The lowest BCUT2D eigenvalue weighted by atomic mass is 9.76. The molecule has 2 rings (SSSR count). The summed E-state index contributed by atoms with van der Waals surface area (Å²) < 4.78 is 41.1. The van der Waals surface area contributed by atoms with Gasteiger partial charge < -0.3 is 0 Å². The van der Waals surface area contributed by atoms with E-state index < -0.39 is 22.8 Å². The maximum Gasteiger partial charge on any atom is 0.251 e. The van der Waals surface area contributed by atoms with Crippen molar-refractivity contribution in [2.24, 2.45) is 11.8 Å². The summed E-state index contributed by atoms with van der Waals surface area (Å²) in [5.74, 6) is -3.06. The Bertz CT molecular complexity index is 272. The van der Waals surface area contributed by atoms with Gasteiger partial charge in [0.2, 0.25) is 0 Å². The smallest absolute Gasteiger partial charge is 0.243 e. The maximum atomic E-state index is 13.4. The predicted octanol–water partition coefficient (Wildman–Crippen LogP) is 1.69. The molecule has 0 aromatic heterocycles. The van der Waals surface area contributed by atoms with Crippen LogP contribution in [0.5, 0.6) is 0 Å². The van der Waals surface area contributed by atoms with Crippen LogP contribution in [0.1, 0.15) is 26.7 Å². The molecule has 82 valence electrons. The van der Waals surface area contributed by atoms with Crippen molar-refractivity contribution in [2.45, 2.75) is 43.9 Å². The van der Waals surface area contributed by atoms with Gasteiger partial charge in [-0.25, -0.2) is 17.7 Å². The number of alkyl halides is 2. The summed E-state index contributed by atoms with van der Waals surface area (Å²) >= 11 is 0. The van der Waals surface area contributed by atoms with Crippen molar-refractivity contribution in [1.82, 2.24) is 4.72 Å². The van der Waals surface area contributed by atoms with Gasteiger partial charge in [0.15, 0.2) is 0 Å². The monoisotopic (exact) mass is 223 g/mol. The Balaban J connectivity index is 2.20. The van der Waals surface area contributed by atoms with Gasteiger partial charge in [-0.15, -0.1) is 0 Å². The standard InChI is InChI=1S/C9H15F2NOS/c1-5-3-7-6(2)12-14(13)8(7)4-9(5,10)11/h5-8,12H,3-4H2,1-2H3. The second-order valence-electron chi connectivity index (χ2n) is 4.51. The average molecular weight is 223 g/mol. The van der Waals surface area contributed by atoms with Crippen LogP contribution in [0.25, 0.3) is 0 Å². The molecule has 0 aromatic carbocycles. The molecule has 0 amide bonds. The van der Waals surface area contributed by atoms with Gasteiger partial charge in [0.05, 0.1) is 16.2 Å². The van der Waals surface area contributed by atoms with Gasteiger partial charge in [-0.05, 0) is 19.3 Å². The van der Waals surface area contributed by atoms with Crippen molar-refractivity contribution >= 4 is 11.0 Å². The summed E-state index contributed by atoms with van der Waals surface area (Å²) in [6.45, 7) is 3.52. The summed E-state index contributed by atoms with van der Waals surface area (Å²) in [5, 5.41) is -0.351. The fraction of sp³-hybridized carbons (Fsp3) is 1.00. The van der Waals surface area contributed by atoms with Crippen molar-refractivity contribution in [2.75, 3.05) is 0 Å². The van der Waals surface area contributed by atoms with E-state index in [1.54, 1.807) is 6.92 Å². The highest BCUT2D eigenvalue weighted by Crippen LogP contribution is 2.45. The van der Waals surface area contributed by atoms with Gasteiger partial charge in [-0.2, -0.15) is 0 Å². The minimum absolute atomic E-state index is 0.111. The number of hydrogen-bond donors (Lipinski definition) is 1. The average Bonchev–Trinajstić information content (AvgIpc) is 2.30. The van der Waals surface area contributed by atoms with E-state index in [1.165, 1.54) is 0 Å². The van der Waals surface area contributed by atoms with Crippen molar-refractivity contribution in [3.05, 3.63) is 0 Å². The highest BCUT2D eigenvalue weighted by molar-refractivity contribution is 7.84. The number of halogens is 2. The summed E-state index contributed by atoms with van der Waals surface area (Å²) in [4.78, 5) is 0. The second-order valence-corrected chi connectivity index (χ2v) is 5.94. The molecule has 1 saturated heterocycles. The van der Waals surface area contributed by atoms with Crippen LogP contribution in [0.15, 0.2) is 0 Å². The molecule has 1 aliphatic heterocycles. The molecule has 2 fully saturated rings. The topological polar surface area (TPSA) is 29.1 Å². The fourth-order valence-electron chi connectivity index (χ4n) is 2.47. The normalized spacial score (nSPS) is 51.6. The first-order chi connectivity index (χ1) is 6.42. The molecule has 5 unspecified atom stereocenters. The molecular weight excluding hydrogens is 208 g/mol. The van der Waals surface area contributed by atoms with Crippen molar-refractivity contribution in [1.29, 1.82) is 0 Å². The molecule has 2 aliphatic rings. The Kier molecular flexibility index (Phi) is 2.42. The Labute approximate surface area is 85.0 Å². The SMILES string of the molecule is CC1NS(=O)C2CC(F)(F)C(C)CC12. The fourth-order valence-corrected chi connectivity index (χ4v) is 4.23. The van der Waals surface area contributed by atoms with Crippen molar-refractivity contribution in [3.63, 3.8) is 0 Å². The van der Waals surface area contributed by atoms with Crippen LogP contribution in [0.2, 0.25) is 0 Å². The van der Waals surface area contributed by atoms with Crippen LogP contribution in [0.3, 0.4) is 0 Å². The lowest BCUT2D eigenvalue weighted by Gasteiger charge is -2.36. The second kappa shape index (κ2) is 3.23. The third-order valence-electron chi connectivity index (χ3n) is 3.52. The zero-order valence-corrected chi connectivity index (χ0v) is 9.11. The molecule has 0 radical (unpaired) electrons. The zero-order chi connectivity index (χ0) is 10.5. The van der Waals surface area contributed by atoms with Crippen LogP contribution in [-0.4, -0.2) is 21.4 Å². The minimum atomic E-state index is -2.64. The quantitative estimate of drug-likeness (QED) is 0.665. The van der Waals surface area contributed by atoms with E-state index in [0.717, 1.165) is 0 Å². The molecule has 1 N–H and O–H groups in total. The first kappa shape index (κ1) is 10.5. The van der Waals surface area contributed by atoms with Gasteiger partial charge in [0, 0.05) is 18.4 Å². The van der Waals surface area contributed by atoms with E-state index in [9.17, 15) is 13.0 Å². The van der Waals surface area contributed by atoms with Crippen LogP contribution in [0.4, 0.5) is 8.78 Å². The molecule has 0 spiro atoms. The third kappa shape index (κ3) is 1.50. The van der Waals surface area contributed by atoms with Gasteiger partial charge in [-0.3, -0.25) is 0 Å². The summed E-state index contributed by atoms with van der Waals surface area (Å²) in [5.41, 5.74) is 0. The first-order valence-corrected chi connectivity index (χ1v) is 6.17. The largest absolute Gasteiger partial charge is 0.251 e. The van der Waals surface area contributed by atoms with E-state index >= 15 is 0 Å². The molecule has 2 nitrogen and oxygen atoms in total. The van der Waals surface area contributed by atoms with Crippen LogP contribution in [0, 0.1) is 11.8 Å². The zero-order valence-electron chi connectivity index (χ0n) is 8.30. The predicted molar refractivity (Wildman–Crippen MR) is 51.4 cm³/mol. The molecule has 1 heterocycles. The number of rotatable bonds is 0. The van der Waals surface area contributed by atoms with Crippen LogP contribution < -0.4 is 4.72 Å². The number of hydrogen-bond acceptors (Lipinski definition) is 1. The van der Waals surface area contributed by atoms with Crippen LogP contribution in [-0.2, 0) is 11.0 Å². The van der Waals surface area contributed by atoms with E-state index in [1.807, 2.05) is 6.92 Å². The molecule has 0 bridgehead atoms. The number of nitrogens with one attached hydrogen (secondary N) is 1. The van der Waals surface area contributed by atoms with E-state index in [-0.39, 0.29) is 23.6 Å². The Morgan fingerprint density at radius 3 is 2.71 bits per heavy atom. The van der Waals surface area contributed by atoms with Crippen molar-refractivity contribution in [3.8, 4) is 0 Å². The van der Waals surface area contributed by atoms with Gasteiger partial charge in [0.1, 0.15) is 0 Å². The molecule has 5 atom stereocenters. The Hall–Kier alpha value is -0.0300. The van der Waals surface area contributed by atoms with E-state index in [0.29, 0.717) is 6.42 Å². The van der Waals surface area contributed by atoms with Crippen molar-refractivity contribution < 1.29 is 13.0 Å². The Morgan fingerprint density at radius 2 is 2.07 bits per heavy atom. The minimum Gasteiger partial charge on any atom is -0.243 e. The van der Waals surface area contributed by atoms with Gasteiger partial charge in [-0.1, -0.05) is 6.92 Å². The summed E-state index contributed by atoms with van der Waals surface area (Å²) in [6, 6.07) is 0.111. The number of fused-ring (bicyclic) bond motifs is 1. The van der Waals surface area contributed by atoms with Crippen LogP contribution >= 0.6 is 0 Å². The van der Waals surface area contributed by atoms with Gasteiger partial charge in [0.25, 0.3) is 5.92 Å². The van der Waals surface area contributed by atoms with Gasteiger partial charge >= 0.3 is 0 Å². The lowest BCUT2D eigenvalue weighted by Crippen LogP contribution is -2.42. The van der Waals surface area contributed by atoms with E-state index in [4.69, 9.17) is 0 Å².